The van der Waals surface area contributed by atoms with E-state index in [4.69, 9.17) is 20.9 Å². The average molecular weight is 455 g/mol. The lowest BCUT2D eigenvalue weighted by Crippen LogP contribution is -2.47. The number of rotatable bonds is 9. The number of para-hydroxylation sites is 1. The SMILES string of the molecule is COc1ccccc1-c1cc(CN(C)CCCN2CCN(c3cccc(Cl)c3)CC2)on1. The maximum atomic E-state index is 6.14. The van der Waals surface area contributed by atoms with Crippen molar-refractivity contribution in [2.24, 2.45) is 0 Å². The van der Waals surface area contributed by atoms with Crippen LogP contribution in [0.25, 0.3) is 11.3 Å². The van der Waals surface area contributed by atoms with Gasteiger partial charge < -0.3 is 14.2 Å². The minimum Gasteiger partial charge on any atom is -0.496 e. The van der Waals surface area contributed by atoms with E-state index in [0.717, 1.165) is 80.0 Å². The number of aromatic nitrogens is 1. The average Bonchev–Trinajstić information content (AvgIpc) is 3.27. The second-order valence-electron chi connectivity index (χ2n) is 8.28. The summed E-state index contributed by atoms with van der Waals surface area (Å²) >= 11 is 6.14. The molecule has 1 fully saturated rings. The largest absolute Gasteiger partial charge is 0.496 e. The van der Waals surface area contributed by atoms with Crippen LogP contribution in [0.3, 0.4) is 0 Å². The number of anilines is 1. The molecule has 0 bridgehead atoms. The fraction of sp³-hybridized carbons (Fsp3) is 0.400. The number of hydrogen-bond donors (Lipinski definition) is 0. The third kappa shape index (κ3) is 5.82. The van der Waals surface area contributed by atoms with Crippen molar-refractivity contribution in [2.45, 2.75) is 13.0 Å². The molecule has 1 aliphatic heterocycles. The van der Waals surface area contributed by atoms with Crippen LogP contribution in [-0.2, 0) is 6.54 Å². The summed E-state index contributed by atoms with van der Waals surface area (Å²) in [4.78, 5) is 7.25. The zero-order chi connectivity index (χ0) is 22.3. The molecule has 0 saturated carbocycles. The van der Waals surface area contributed by atoms with Gasteiger partial charge in [-0.1, -0.05) is 35.0 Å². The zero-order valence-electron chi connectivity index (χ0n) is 18.8. The second kappa shape index (κ2) is 10.9. The number of halogens is 1. The van der Waals surface area contributed by atoms with Gasteiger partial charge in [-0.25, -0.2) is 0 Å². The normalized spacial score (nSPS) is 14.8. The van der Waals surface area contributed by atoms with E-state index in [0.29, 0.717) is 0 Å². The van der Waals surface area contributed by atoms with E-state index < -0.39 is 0 Å². The summed E-state index contributed by atoms with van der Waals surface area (Å²) in [6.45, 7) is 7.11. The summed E-state index contributed by atoms with van der Waals surface area (Å²) < 4.78 is 11.0. The van der Waals surface area contributed by atoms with Crippen LogP contribution in [0.15, 0.2) is 59.1 Å². The van der Waals surface area contributed by atoms with Gasteiger partial charge in [0.2, 0.25) is 0 Å². The number of piperazine rings is 1. The molecule has 0 unspecified atom stereocenters. The van der Waals surface area contributed by atoms with Crippen LogP contribution < -0.4 is 9.64 Å². The highest BCUT2D eigenvalue weighted by molar-refractivity contribution is 6.30. The van der Waals surface area contributed by atoms with Crippen LogP contribution in [-0.4, -0.2) is 68.4 Å². The predicted octanol–water partition coefficient (Wildman–Crippen LogP) is 4.65. The first-order chi connectivity index (χ1) is 15.6. The van der Waals surface area contributed by atoms with Crippen LogP contribution in [0.5, 0.6) is 5.75 Å². The van der Waals surface area contributed by atoms with Gasteiger partial charge in [0.25, 0.3) is 0 Å². The molecule has 1 saturated heterocycles. The maximum Gasteiger partial charge on any atom is 0.151 e. The zero-order valence-corrected chi connectivity index (χ0v) is 19.6. The number of hydrogen-bond acceptors (Lipinski definition) is 6. The highest BCUT2D eigenvalue weighted by Crippen LogP contribution is 2.29. The molecule has 0 radical (unpaired) electrons. The summed E-state index contributed by atoms with van der Waals surface area (Å²) in [6.07, 6.45) is 1.13. The van der Waals surface area contributed by atoms with E-state index >= 15 is 0 Å². The molecule has 0 aliphatic carbocycles. The molecular weight excluding hydrogens is 424 g/mol. The fourth-order valence-electron chi connectivity index (χ4n) is 4.18. The van der Waals surface area contributed by atoms with Gasteiger partial charge in [0.05, 0.1) is 13.7 Å². The Morgan fingerprint density at radius 2 is 1.88 bits per heavy atom. The van der Waals surface area contributed by atoms with Gasteiger partial charge in [-0.05, 0) is 56.9 Å². The van der Waals surface area contributed by atoms with E-state index in [1.54, 1.807) is 7.11 Å². The first-order valence-electron chi connectivity index (χ1n) is 11.1. The predicted molar refractivity (Wildman–Crippen MR) is 130 cm³/mol. The molecule has 3 aromatic rings. The van der Waals surface area contributed by atoms with Crippen LogP contribution in [0.1, 0.15) is 12.2 Å². The Balaban J connectivity index is 1.19. The lowest BCUT2D eigenvalue weighted by molar-refractivity contribution is 0.223. The summed E-state index contributed by atoms with van der Waals surface area (Å²) in [5.74, 6) is 1.67. The smallest absolute Gasteiger partial charge is 0.151 e. The lowest BCUT2D eigenvalue weighted by atomic mass is 10.1. The highest BCUT2D eigenvalue weighted by atomic mass is 35.5. The van der Waals surface area contributed by atoms with Crippen molar-refractivity contribution in [3.8, 4) is 17.0 Å². The Labute approximate surface area is 195 Å². The Bertz CT molecular complexity index is 1000. The van der Waals surface area contributed by atoms with Crippen molar-refractivity contribution in [3.63, 3.8) is 0 Å². The Hall–Kier alpha value is -2.54. The molecule has 4 rings (SSSR count). The van der Waals surface area contributed by atoms with Gasteiger partial charge in [-0.3, -0.25) is 9.80 Å². The van der Waals surface area contributed by atoms with E-state index in [2.05, 4.69) is 39.0 Å². The van der Waals surface area contributed by atoms with Crippen molar-refractivity contribution in [1.82, 2.24) is 15.0 Å². The number of ether oxygens (including phenoxy) is 1. The van der Waals surface area contributed by atoms with Crippen molar-refractivity contribution in [1.29, 1.82) is 0 Å². The van der Waals surface area contributed by atoms with Gasteiger partial charge in [0.1, 0.15) is 11.4 Å². The van der Waals surface area contributed by atoms with Crippen LogP contribution >= 0.6 is 11.6 Å². The molecule has 1 aromatic heterocycles. The standard InChI is InChI=1S/C25H31ClN4O2/c1-28(19-22-18-24(27-32-22)23-9-3-4-10-25(23)31-2)11-6-12-29-13-15-30(16-14-29)21-8-5-7-20(26)17-21/h3-5,7-10,17-18H,6,11-16,19H2,1-2H3. The van der Waals surface area contributed by atoms with Crippen LogP contribution in [0.4, 0.5) is 5.69 Å². The van der Waals surface area contributed by atoms with Gasteiger partial charge in [0.15, 0.2) is 5.76 Å². The van der Waals surface area contributed by atoms with Gasteiger partial charge >= 0.3 is 0 Å². The summed E-state index contributed by atoms with van der Waals surface area (Å²) in [5, 5.41) is 5.04. The third-order valence-electron chi connectivity index (χ3n) is 5.93. The Morgan fingerprint density at radius 3 is 2.66 bits per heavy atom. The van der Waals surface area contributed by atoms with Gasteiger partial charge in [-0.15, -0.1) is 0 Å². The molecular formula is C25H31ClN4O2. The van der Waals surface area contributed by atoms with Gasteiger partial charge in [0, 0.05) is 48.5 Å². The topological polar surface area (TPSA) is 45.0 Å². The summed E-state index contributed by atoms with van der Waals surface area (Å²) in [6, 6.07) is 18.0. The molecule has 170 valence electrons. The van der Waals surface area contributed by atoms with Gasteiger partial charge in [-0.2, -0.15) is 0 Å². The Kier molecular flexibility index (Phi) is 7.68. The highest BCUT2D eigenvalue weighted by Gasteiger charge is 2.17. The van der Waals surface area contributed by atoms with Crippen LogP contribution in [0.2, 0.25) is 5.02 Å². The molecule has 0 amide bonds. The monoisotopic (exact) mass is 454 g/mol. The van der Waals surface area contributed by atoms with Crippen molar-refractivity contribution >= 4 is 17.3 Å². The third-order valence-corrected chi connectivity index (χ3v) is 6.16. The maximum absolute atomic E-state index is 6.14. The van der Waals surface area contributed by atoms with E-state index in [1.807, 2.05) is 42.5 Å². The van der Waals surface area contributed by atoms with Crippen LogP contribution in [0, 0.1) is 0 Å². The van der Waals surface area contributed by atoms with E-state index in [1.165, 1.54) is 5.69 Å². The molecule has 1 aliphatic rings. The molecule has 0 spiro atoms. The van der Waals surface area contributed by atoms with E-state index in [-0.39, 0.29) is 0 Å². The molecule has 0 N–H and O–H groups in total. The lowest BCUT2D eigenvalue weighted by Gasteiger charge is -2.36. The van der Waals surface area contributed by atoms with Crippen molar-refractivity contribution < 1.29 is 9.26 Å². The van der Waals surface area contributed by atoms with Crippen molar-refractivity contribution in [3.05, 3.63) is 65.4 Å². The molecule has 0 atom stereocenters. The Morgan fingerprint density at radius 1 is 1.06 bits per heavy atom. The molecule has 6 nitrogen and oxygen atoms in total. The molecule has 2 heterocycles. The minimum absolute atomic E-state index is 0.741. The summed E-state index contributed by atoms with van der Waals surface area (Å²) in [7, 11) is 3.80. The molecule has 32 heavy (non-hydrogen) atoms. The summed E-state index contributed by atoms with van der Waals surface area (Å²) in [5.41, 5.74) is 2.98. The fourth-order valence-corrected chi connectivity index (χ4v) is 4.37. The molecule has 2 aromatic carbocycles. The quantitative estimate of drug-likeness (QED) is 0.469. The van der Waals surface area contributed by atoms with Crippen molar-refractivity contribution in [2.75, 3.05) is 58.3 Å². The van der Waals surface area contributed by atoms with E-state index in [9.17, 15) is 0 Å². The molecule has 7 heteroatoms. The first kappa shape index (κ1) is 22.6. The minimum atomic E-state index is 0.741. The number of methoxy groups -OCH3 is 1. The second-order valence-corrected chi connectivity index (χ2v) is 8.72. The number of benzene rings is 2. The number of nitrogens with zero attached hydrogens (tertiary/aromatic N) is 4. The first-order valence-corrected chi connectivity index (χ1v) is 11.5.